The monoisotopic (exact) mass is 208 g/mol. The van der Waals surface area contributed by atoms with Gasteiger partial charge in [-0.3, -0.25) is 0 Å². The van der Waals surface area contributed by atoms with Gasteiger partial charge < -0.3 is 5.32 Å². The maximum absolute atomic E-state index is 5.85. The normalized spacial score (nSPS) is 15.8. The zero-order valence-corrected chi connectivity index (χ0v) is 8.25. The summed E-state index contributed by atoms with van der Waals surface area (Å²) in [5, 5.41) is 8.27. The van der Waals surface area contributed by atoms with Crippen molar-refractivity contribution in [3.05, 3.63) is 28.7 Å². The Morgan fingerprint density at radius 2 is 2.43 bits per heavy atom. The molecule has 1 aliphatic rings. The van der Waals surface area contributed by atoms with E-state index in [1.54, 1.807) is 10.6 Å². The average Bonchev–Trinajstić information content (AvgIpc) is 2.56. The van der Waals surface area contributed by atoms with Gasteiger partial charge in [0.05, 0.1) is 5.69 Å². The Morgan fingerprint density at radius 1 is 1.50 bits per heavy atom. The number of nitrogens with zero attached hydrogens (tertiary/aromatic N) is 3. The van der Waals surface area contributed by atoms with Crippen molar-refractivity contribution in [1.82, 2.24) is 19.9 Å². The van der Waals surface area contributed by atoms with Gasteiger partial charge in [0.15, 0.2) is 5.65 Å². The Morgan fingerprint density at radius 3 is 3.36 bits per heavy atom. The van der Waals surface area contributed by atoms with Crippen LogP contribution in [0.2, 0.25) is 5.15 Å². The average molecular weight is 209 g/mol. The first kappa shape index (κ1) is 8.20. The second-order valence-corrected chi connectivity index (χ2v) is 3.76. The molecule has 3 heterocycles. The molecule has 0 amide bonds. The molecule has 0 fully saturated rings. The van der Waals surface area contributed by atoms with Gasteiger partial charge >= 0.3 is 0 Å². The number of halogens is 1. The third-order valence-corrected chi connectivity index (χ3v) is 2.68. The molecule has 0 bridgehead atoms. The second kappa shape index (κ2) is 2.93. The van der Waals surface area contributed by atoms with Crippen molar-refractivity contribution in [2.45, 2.75) is 13.0 Å². The van der Waals surface area contributed by atoms with Gasteiger partial charge in [-0.25, -0.2) is 9.50 Å². The lowest BCUT2D eigenvalue weighted by molar-refractivity contribution is 0.637. The van der Waals surface area contributed by atoms with Crippen LogP contribution in [0.25, 0.3) is 5.65 Å². The quantitative estimate of drug-likeness (QED) is 0.658. The van der Waals surface area contributed by atoms with E-state index in [0.29, 0.717) is 5.15 Å². The maximum Gasteiger partial charge on any atom is 0.161 e. The predicted octanol–water partition coefficient (Wildman–Crippen LogP) is 1.03. The molecule has 1 aliphatic heterocycles. The van der Waals surface area contributed by atoms with Crippen molar-refractivity contribution in [2.24, 2.45) is 0 Å². The molecule has 14 heavy (non-hydrogen) atoms. The molecule has 4 nitrogen and oxygen atoms in total. The molecule has 0 aliphatic carbocycles. The summed E-state index contributed by atoms with van der Waals surface area (Å²) < 4.78 is 1.80. The summed E-state index contributed by atoms with van der Waals surface area (Å²) in [5.41, 5.74) is 3.19. The second-order valence-electron chi connectivity index (χ2n) is 3.37. The van der Waals surface area contributed by atoms with Crippen LogP contribution in [0.15, 0.2) is 12.3 Å². The van der Waals surface area contributed by atoms with E-state index in [-0.39, 0.29) is 0 Å². The standard InChI is InChI=1S/C9H9ClN4/c10-8-2-4-14-9(12-8)6-5-11-3-1-7(6)13-14/h2,4,11H,1,3,5H2. The minimum Gasteiger partial charge on any atom is -0.312 e. The third kappa shape index (κ3) is 1.11. The number of rotatable bonds is 0. The lowest BCUT2D eigenvalue weighted by Crippen LogP contribution is -2.23. The topological polar surface area (TPSA) is 42.2 Å². The summed E-state index contributed by atoms with van der Waals surface area (Å²) in [4.78, 5) is 4.27. The zero-order chi connectivity index (χ0) is 9.54. The molecule has 0 saturated heterocycles. The molecule has 0 aromatic carbocycles. The zero-order valence-electron chi connectivity index (χ0n) is 7.50. The van der Waals surface area contributed by atoms with E-state index in [1.807, 2.05) is 6.20 Å². The Bertz CT molecular complexity index is 491. The Hall–Kier alpha value is -1.13. The number of aromatic nitrogens is 3. The third-order valence-electron chi connectivity index (χ3n) is 2.47. The van der Waals surface area contributed by atoms with Gasteiger partial charge in [0.25, 0.3) is 0 Å². The van der Waals surface area contributed by atoms with Crippen LogP contribution < -0.4 is 5.32 Å². The molecular weight excluding hydrogens is 200 g/mol. The molecular formula is C9H9ClN4. The number of nitrogens with one attached hydrogen (secondary N) is 1. The first-order valence-corrected chi connectivity index (χ1v) is 4.96. The number of hydrogen-bond donors (Lipinski definition) is 1. The highest BCUT2D eigenvalue weighted by Crippen LogP contribution is 2.18. The lowest BCUT2D eigenvalue weighted by atomic mass is 10.1. The van der Waals surface area contributed by atoms with E-state index in [9.17, 15) is 0 Å². The van der Waals surface area contributed by atoms with Crippen LogP contribution in [-0.2, 0) is 13.0 Å². The molecule has 2 aromatic rings. The minimum absolute atomic E-state index is 0.519. The van der Waals surface area contributed by atoms with E-state index in [0.717, 1.165) is 30.9 Å². The van der Waals surface area contributed by atoms with Gasteiger partial charge in [0.1, 0.15) is 5.15 Å². The van der Waals surface area contributed by atoms with Crippen molar-refractivity contribution in [2.75, 3.05) is 6.54 Å². The predicted molar refractivity (Wildman–Crippen MR) is 53.4 cm³/mol. The van der Waals surface area contributed by atoms with Crippen LogP contribution >= 0.6 is 11.6 Å². The van der Waals surface area contributed by atoms with E-state index in [2.05, 4.69) is 15.4 Å². The molecule has 0 radical (unpaired) electrons. The Labute approximate surface area is 85.9 Å². The molecule has 0 atom stereocenters. The molecule has 5 heteroatoms. The molecule has 0 unspecified atom stereocenters. The van der Waals surface area contributed by atoms with Crippen LogP contribution in [-0.4, -0.2) is 21.1 Å². The summed E-state index contributed by atoms with van der Waals surface area (Å²) in [6.07, 6.45) is 2.82. The Kier molecular flexibility index (Phi) is 1.72. The molecule has 0 spiro atoms. The summed E-state index contributed by atoms with van der Waals surface area (Å²) in [5.74, 6) is 0. The van der Waals surface area contributed by atoms with E-state index < -0.39 is 0 Å². The van der Waals surface area contributed by atoms with Crippen molar-refractivity contribution in [1.29, 1.82) is 0 Å². The van der Waals surface area contributed by atoms with Gasteiger partial charge in [-0.15, -0.1) is 0 Å². The Balaban J connectivity index is 2.32. The summed E-state index contributed by atoms with van der Waals surface area (Å²) in [7, 11) is 0. The van der Waals surface area contributed by atoms with Crippen molar-refractivity contribution >= 4 is 17.2 Å². The maximum atomic E-state index is 5.85. The van der Waals surface area contributed by atoms with Crippen LogP contribution in [0.3, 0.4) is 0 Å². The first-order valence-electron chi connectivity index (χ1n) is 4.58. The summed E-state index contributed by atoms with van der Waals surface area (Å²) in [6, 6.07) is 1.75. The van der Waals surface area contributed by atoms with Gasteiger partial charge in [-0.1, -0.05) is 11.6 Å². The smallest absolute Gasteiger partial charge is 0.161 e. The van der Waals surface area contributed by atoms with E-state index in [4.69, 9.17) is 11.6 Å². The van der Waals surface area contributed by atoms with Crippen molar-refractivity contribution in [3.8, 4) is 0 Å². The van der Waals surface area contributed by atoms with Crippen LogP contribution in [0.1, 0.15) is 11.3 Å². The SMILES string of the molecule is Clc1ccn2nc3c(c2n1)CNCC3. The van der Waals surface area contributed by atoms with Crippen molar-refractivity contribution in [3.63, 3.8) is 0 Å². The fourth-order valence-electron chi connectivity index (χ4n) is 1.80. The van der Waals surface area contributed by atoms with Crippen LogP contribution in [0.5, 0.6) is 0 Å². The highest BCUT2D eigenvalue weighted by molar-refractivity contribution is 6.29. The van der Waals surface area contributed by atoms with Gasteiger partial charge in [0.2, 0.25) is 0 Å². The summed E-state index contributed by atoms with van der Waals surface area (Å²) in [6.45, 7) is 1.83. The molecule has 0 saturated carbocycles. The highest BCUT2D eigenvalue weighted by atomic mass is 35.5. The van der Waals surface area contributed by atoms with Crippen molar-refractivity contribution < 1.29 is 0 Å². The number of fused-ring (bicyclic) bond motifs is 3. The van der Waals surface area contributed by atoms with Gasteiger partial charge in [-0.05, 0) is 6.07 Å². The van der Waals surface area contributed by atoms with Gasteiger partial charge in [-0.2, -0.15) is 5.10 Å². The van der Waals surface area contributed by atoms with E-state index in [1.165, 1.54) is 5.56 Å². The van der Waals surface area contributed by atoms with E-state index >= 15 is 0 Å². The number of hydrogen-bond acceptors (Lipinski definition) is 3. The minimum atomic E-state index is 0.519. The molecule has 72 valence electrons. The molecule has 1 N–H and O–H groups in total. The van der Waals surface area contributed by atoms with Crippen LogP contribution in [0.4, 0.5) is 0 Å². The fourth-order valence-corrected chi connectivity index (χ4v) is 1.94. The lowest BCUT2D eigenvalue weighted by Gasteiger charge is -2.09. The molecule has 3 rings (SSSR count). The van der Waals surface area contributed by atoms with Gasteiger partial charge in [0, 0.05) is 31.3 Å². The fraction of sp³-hybridized carbons (Fsp3) is 0.333. The summed E-state index contributed by atoms with van der Waals surface area (Å²) >= 11 is 5.85. The molecule has 2 aromatic heterocycles. The van der Waals surface area contributed by atoms with Crippen LogP contribution in [0, 0.1) is 0 Å². The largest absolute Gasteiger partial charge is 0.312 e. The first-order chi connectivity index (χ1) is 6.84. The highest BCUT2D eigenvalue weighted by Gasteiger charge is 2.16.